The average molecular weight is 270 g/mol. The second-order valence-electron chi connectivity index (χ2n) is 5.86. The highest BCUT2D eigenvalue weighted by Gasteiger charge is 2.08. The Hall–Kier alpha value is -1.87. The van der Waals surface area contributed by atoms with Gasteiger partial charge in [-0.25, -0.2) is 0 Å². The fourth-order valence-corrected chi connectivity index (χ4v) is 1.70. The molecule has 3 heteroatoms. The zero-order valence-electron chi connectivity index (χ0n) is 12.4. The smallest absolute Gasteiger partial charge is 0.138 e. The third-order valence-electron chi connectivity index (χ3n) is 2.85. The van der Waals surface area contributed by atoms with Crippen LogP contribution in [0.15, 0.2) is 48.7 Å². The summed E-state index contributed by atoms with van der Waals surface area (Å²) < 4.78 is 5.71. The van der Waals surface area contributed by atoms with Gasteiger partial charge >= 0.3 is 0 Å². The Morgan fingerprint density at radius 2 is 1.80 bits per heavy atom. The lowest BCUT2D eigenvalue weighted by atomic mass is 10.1. The van der Waals surface area contributed by atoms with E-state index in [-0.39, 0.29) is 5.54 Å². The van der Waals surface area contributed by atoms with E-state index in [9.17, 15) is 0 Å². The summed E-state index contributed by atoms with van der Waals surface area (Å²) in [5, 5.41) is 3.41. The topological polar surface area (TPSA) is 34.1 Å². The van der Waals surface area contributed by atoms with Gasteiger partial charge in [-0.05, 0) is 38.5 Å². The molecule has 0 bridgehead atoms. The second-order valence-corrected chi connectivity index (χ2v) is 5.86. The summed E-state index contributed by atoms with van der Waals surface area (Å²) in [5.41, 5.74) is 2.28. The van der Waals surface area contributed by atoms with Crippen molar-refractivity contribution >= 4 is 0 Å². The molecule has 1 aromatic heterocycles. The van der Waals surface area contributed by atoms with Crippen LogP contribution in [0.25, 0.3) is 0 Å². The monoisotopic (exact) mass is 270 g/mol. The van der Waals surface area contributed by atoms with Gasteiger partial charge in [0.05, 0.1) is 11.9 Å². The Kier molecular flexibility index (Phi) is 4.74. The molecule has 1 heterocycles. The highest BCUT2D eigenvalue weighted by molar-refractivity contribution is 5.21. The van der Waals surface area contributed by atoms with Crippen LogP contribution in [0.5, 0.6) is 5.75 Å². The maximum absolute atomic E-state index is 5.71. The lowest BCUT2D eigenvalue weighted by molar-refractivity contribution is 0.304. The van der Waals surface area contributed by atoms with E-state index in [4.69, 9.17) is 4.74 Å². The van der Waals surface area contributed by atoms with Gasteiger partial charge < -0.3 is 10.1 Å². The number of nitrogens with zero attached hydrogens (tertiary/aromatic N) is 1. The van der Waals surface area contributed by atoms with Crippen molar-refractivity contribution in [2.24, 2.45) is 0 Å². The van der Waals surface area contributed by atoms with Gasteiger partial charge in [0.2, 0.25) is 0 Å². The van der Waals surface area contributed by atoms with Crippen LogP contribution in [0.1, 0.15) is 32.0 Å². The molecule has 0 aliphatic rings. The first-order valence-electron chi connectivity index (χ1n) is 6.90. The summed E-state index contributed by atoms with van der Waals surface area (Å²) in [5.74, 6) is 0.799. The number of rotatable bonds is 5. The molecular formula is C17H22N2O. The standard InChI is InChI=1S/C17H22N2O/c1-17(2,3)19-11-15-9-10-16(12-18-15)20-13-14-7-5-4-6-8-14/h4-10,12,19H,11,13H2,1-3H3. The molecule has 0 atom stereocenters. The van der Waals surface area contributed by atoms with E-state index < -0.39 is 0 Å². The van der Waals surface area contributed by atoms with E-state index >= 15 is 0 Å². The van der Waals surface area contributed by atoms with Crippen LogP contribution in [0.4, 0.5) is 0 Å². The minimum atomic E-state index is 0.101. The van der Waals surface area contributed by atoms with Crippen molar-refractivity contribution in [2.45, 2.75) is 39.5 Å². The second kappa shape index (κ2) is 6.53. The Balaban J connectivity index is 1.85. The van der Waals surface area contributed by atoms with Crippen LogP contribution >= 0.6 is 0 Å². The summed E-state index contributed by atoms with van der Waals surface area (Å²) in [6.45, 7) is 7.77. The normalized spacial score (nSPS) is 11.3. The van der Waals surface area contributed by atoms with Gasteiger partial charge in [0.15, 0.2) is 0 Å². The van der Waals surface area contributed by atoms with Gasteiger partial charge in [0.25, 0.3) is 0 Å². The van der Waals surface area contributed by atoms with Gasteiger partial charge in [-0.15, -0.1) is 0 Å². The molecule has 1 N–H and O–H groups in total. The number of pyridine rings is 1. The van der Waals surface area contributed by atoms with E-state index in [1.54, 1.807) is 6.20 Å². The molecule has 0 amide bonds. The summed E-state index contributed by atoms with van der Waals surface area (Å²) in [7, 11) is 0. The van der Waals surface area contributed by atoms with E-state index in [2.05, 4.69) is 43.2 Å². The predicted octanol–water partition coefficient (Wildman–Crippen LogP) is 3.55. The number of ether oxygens (including phenoxy) is 1. The van der Waals surface area contributed by atoms with Crippen LogP contribution in [-0.2, 0) is 13.2 Å². The molecule has 0 spiro atoms. The van der Waals surface area contributed by atoms with E-state index in [0.29, 0.717) is 6.61 Å². The number of benzene rings is 1. The first kappa shape index (κ1) is 14.5. The van der Waals surface area contributed by atoms with Gasteiger partial charge in [0.1, 0.15) is 12.4 Å². The van der Waals surface area contributed by atoms with Crippen LogP contribution in [-0.4, -0.2) is 10.5 Å². The fraction of sp³-hybridized carbons (Fsp3) is 0.353. The summed E-state index contributed by atoms with van der Waals surface area (Å²) in [6, 6.07) is 14.1. The highest BCUT2D eigenvalue weighted by atomic mass is 16.5. The molecule has 1 aromatic carbocycles. The maximum Gasteiger partial charge on any atom is 0.138 e. The molecule has 0 saturated heterocycles. The van der Waals surface area contributed by atoms with Crippen molar-refractivity contribution in [1.29, 1.82) is 0 Å². The van der Waals surface area contributed by atoms with Crippen molar-refractivity contribution < 1.29 is 4.74 Å². The minimum Gasteiger partial charge on any atom is -0.487 e. The number of nitrogens with one attached hydrogen (secondary N) is 1. The molecule has 2 aromatic rings. The Morgan fingerprint density at radius 1 is 1.05 bits per heavy atom. The first-order valence-corrected chi connectivity index (χ1v) is 6.90. The lowest BCUT2D eigenvalue weighted by Crippen LogP contribution is -2.35. The van der Waals surface area contributed by atoms with Gasteiger partial charge in [-0.2, -0.15) is 0 Å². The lowest BCUT2D eigenvalue weighted by Gasteiger charge is -2.20. The maximum atomic E-state index is 5.71. The largest absolute Gasteiger partial charge is 0.487 e. The van der Waals surface area contributed by atoms with Gasteiger partial charge in [-0.1, -0.05) is 30.3 Å². The SMILES string of the molecule is CC(C)(C)NCc1ccc(OCc2ccccc2)cn1. The van der Waals surface area contributed by atoms with Crippen molar-refractivity contribution in [3.05, 3.63) is 59.9 Å². The van der Waals surface area contributed by atoms with E-state index in [1.165, 1.54) is 0 Å². The van der Waals surface area contributed by atoms with Crippen LogP contribution in [0.3, 0.4) is 0 Å². The molecule has 0 aliphatic heterocycles. The number of hydrogen-bond acceptors (Lipinski definition) is 3. The Morgan fingerprint density at radius 3 is 2.40 bits per heavy atom. The number of hydrogen-bond donors (Lipinski definition) is 1. The molecule has 3 nitrogen and oxygen atoms in total. The van der Waals surface area contributed by atoms with E-state index in [1.807, 2.05) is 30.3 Å². The quantitative estimate of drug-likeness (QED) is 0.902. The van der Waals surface area contributed by atoms with Crippen LogP contribution < -0.4 is 10.1 Å². The van der Waals surface area contributed by atoms with Crippen molar-refractivity contribution in [2.75, 3.05) is 0 Å². The molecule has 0 fully saturated rings. The fourth-order valence-electron chi connectivity index (χ4n) is 1.70. The Labute approximate surface area is 121 Å². The summed E-state index contributed by atoms with van der Waals surface area (Å²) in [6.07, 6.45) is 1.78. The molecule has 0 saturated carbocycles. The molecular weight excluding hydrogens is 248 g/mol. The van der Waals surface area contributed by atoms with Gasteiger partial charge in [0, 0.05) is 12.1 Å². The third-order valence-corrected chi connectivity index (χ3v) is 2.85. The summed E-state index contributed by atoms with van der Waals surface area (Å²) in [4.78, 5) is 4.41. The first-order chi connectivity index (χ1) is 9.53. The van der Waals surface area contributed by atoms with Gasteiger partial charge in [-0.3, -0.25) is 4.98 Å². The van der Waals surface area contributed by atoms with Crippen molar-refractivity contribution in [3.8, 4) is 5.75 Å². The average Bonchev–Trinajstić information content (AvgIpc) is 2.44. The Bertz CT molecular complexity index is 515. The third kappa shape index (κ3) is 5.02. The molecule has 20 heavy (non-hydrogen) atoms. The van der Waals surface area contributed by atoms with Crippen molar-refractivity contribution in [1.82, 2.24) is 10.3 Å². The molecule has 0 unspecified atom stereocenters. The zero-order valence-corrected chi connectivity index (χ0v) is 12.4. The molecule has 2 rings (SSSR count). The predicted molar refractivity (Wildman–Crippen MR) is 81.6 cm³/mol. The highest BCUT2D eigenvalue weighted by Crippen LogP contribution is 2.12. The van der Waals surface area contributed by atoms with Crippen LogP contribution in [0, 0.1) is 0 Å². The minimum absolute atomic E-state index is 0.101. The number of aromatic nitrogens is 1. The van der Waals surface area contributed by atoms with Crippen LogP contribution in [0.2, 0.25) is 0 Å². The zero-order chi connectivity index (χ0) is 14.4. The molecule has 0 aliphatic carbocycles. The molecule has 106 valence electrons. The summed E-state index contributed by atoms with van der Waals surface area (Å²) >= 11 is 0. The van der Waals surface area contributed by atoms with E-state index in [0.717, 1.165) is 23.6 Å². The van der Waals surface area contributed by atoms with Crippen molar-refractivity contribution in [3.63, 3.8) is 0 Å². The molecule has 0 radical (unpaired) electrons.